The third kappa shape index (κ3) is 5.32. The van der Waals surface area contributed by atoms with Gasteiger partial charge in [0.1, 0.15) is 5.75 Å². The standard InChI is InChI=1S/C14H17Br2NO4/c1-4-14(2,3)17-11(18)7-21-12-9(15)5-8(13(19)20)6-10(12)16/h5-6H,4,7H2,1-3H3,(H,17,18)(H,19,20). The molecule has 0 aliphatic carbocycles. The van der Waals surface area contributed by atoms with Gasteiger partial charge in [-0.05, 0) is 64.3 Å². The second-order valence-corrected chi connectivity index (χ2v) is 6.86. The SMILES string of the molecule is CCC(C)(C)NC(=O)COc1c(Br)cc(C(=O)O)cc1Br. The van der Waals surface area contributed by atoms with E-state index in [1.54, 1.807) is 0 Å². The van der Waals surface area contributed by atoms with Crippen molar-refractivity contribution in [1.82, 2.24) is 5.32 Å². The van der Waals surface area contributed by atoms with Crippen molar-refractivity contribution in [1.29, 1.82) is 0 Å². The van der Waals surface area contributed by atoms with Crippen molar-refractivity contribution >= 4 is 43.7 Å². The van der Waals surface area contributed by atoms with Gasteiger partial charge in [0.05, 0.1) is 14.5 Å². The molecule has 21 heavy (non-hydrogen) atoms. The van der Waals surface area contributed by atoms with Gasteiger partial charge in [-0.25, -0.2) is 4.79 Å². The lowest BCUT2D eigenvalue weighted by Gasteiger charge is -2.24. The van der Waals surface area contributed by atoms with Crippen molar-refractivity contribution in [3.05, 3.63) is 26.6 Å². The van der Waals surface area contributed by atoms with Crippen LogP contribution in [0.25, 0.3) is 0 Å². The first-order chi connectivity index (χ1) is 9.66. The van der Waals surface area contributed by atoms with E-state index in [4.69, 9.17) is 9.84 Å². The number of carboxylic acids is 1. The number of amides is 1. The van der Waals surface area contributed by atoms with Crippen molar-refractivity contribution in [2.24, 2.45) is 0 Å². The molecule has 1 aromatic rings. The van der Waals surface area contributed by atoms with E-state index in [9.17, 15) is 9.59 Å². The van der Waals surface area contributed by atoms with E-state index < -0.39 is 5.97 Å². The highest BCUT2D eigenvalue weighted by Gasteiger charge is 2.19. The Morgan fingerprint density at radius 2 is 1.81 bits per heavy atom. The number of hydrogen-bond donors (Lipinski definition) is 2. The molecule has 0 saturated carbocycles. The molecular weight excluding hydrogens is 406 g/mol. The first kappa shape index (κ1) is 18.0. The van der Waals surface area contributed by atoms with E-state index in [0.29, 0.717) is 14.7 Å². The number of benzene rings is 1. The summed E-state index contributed by atoms with van der Waals surface area (Å²) in [4.78, 5) is 22.8. The monoisotopic (exact) mass is 421 g/mol. The van der Waals surface area contributed by atoms with Crippen LogP contribution in [0, 0.1) is 0 Å². The first-order valence-corrected chi connectivity index (χ1v) is 7.91. The molecule has 0 heterocycles. The van der Waals surface area contributed by atoms with Crippen LogP contribution in [0.3, 0.4) is 0 Å². The zero-order valence-electron chi connectivity index (χ0n) is 12.0. The minimum Gasteiger partial charge on any atom is -0.481 e. The molecule has 0 aliphatic rings. The fourth-order valence-corrected chi connectivity index (χ4v) is 2.88. The van der Waals surface area contributed by atoms with Gasteiger partial charge in [-0.2, -0.15) is 0 Å². The predicted molar refractivity (Wildman–Crippen MR) is 86.8 cm³/mol. The quantitative estimate of drug-likeness (QED) is 0.734. The molecule has 1 rings (SSSR count). The molecule has 116 valence electrons. The molecule has 5 nitrogen and oxygen atoms in total. The minimum atomic E-state index is -1.04. The number of aromatic carboxylic acids is 1. The molecule has 0 aromatic heterocycles. The second kappa shape index (κ2) is 7.26. The third-order valence-electron chi connectivity index (χ3n) is 2.95. The van der Waals surface area contributed by atoms with Crippen LogP contribution in [0.2, 0.25) is 0 Å². The summed E-state index contributed by atoms with van der Waals surface area (Å²) >= 11 is 6.48. The minimum absolute atomic E-state index is 0.123. The average molecular weight is 423 g/mol. The normalized spacial score (nSPS) is 11.1. The molecule has 0 unspecified atom stereocenters. The first-order valence-electron chi connectivity index (χ1n) is 6.32. The lowest BCUT2D eigenvalue weighted by Crippen LogP contribution is -2.44. The van der Waals surface area contributed by atoms with E-state index in [2.05, 4.69) is 37.2 Å². The summed E-state index contributed by atoms with van der Waals surface area (Å²) in [6, 6.07) is 2.85. The second-order valence-electron chi connectivity index (χ2n) is 5.15. The maximum absolute atomic E-state index is 11.8. The Morgan fingerprint density at radius 3 is 2.24 bits per heavy atom. The number of carboxylic acid groups (broad SMARTS) is 1. The Kier molecular flexibility index (Phi) is 6.22. The molecule has 0 aliphatic heterocycles. The van der Waals surface area contributed by atoms with Gasteiger partial charge in [-0.15, -0.1) is 0 Å². The Hall–Kier alpha value is -1.08. The summed E-state index contributed by atoms with van der Waals surface area (Å²) in [6.07, 6.45) is 0.805. The van der Waals surface area contributed by atoms with Crippen LogP contribution in [0.1, 0.15) is 37.6 Å². The zero-order chi connectivity index (χ0) is 16.2. The zero-order valence-corrected chi connectivity index (χ0v) is 15.2. The number of carbonyl (C=O) groups is 2. The summed E-state index contributed by atoms with van der Waals surface area (Å²) in [6.45, 7) is 5.70. The lowest BCUT2D eigenvalue weighted by molar-refractivity contribution is -0.124. The van der Waals surface area contributed by atoms with Gasteiger partial charge in [0.15, 0.2) is 6.61 Å². The van der Waals surface area contributed by atoms with Gasteiger partial charge < -0.3 is 15.2 Å². The number of hydrogen-bond acceptors (Lipinski definition) is 3. The fourth-order valence-electron chi connectivity index (χ4n) is 1.46. The van der Waals surface area contributed by atoms with Gasteiger partial charge in [-0.1, -0.05) is 6.92 Å². The van der Waals surface area contributed by atoms with Crippen molar-refractivity contribution < 1.29 is 19.4 Å². The Morgan fingerprint density at radius 1 is 1.29 bits per heavy atom. The third-order valence-corrected chi connectivity index (χ3v) is 4.13. The molecule has 1 amide bonds. The van der Waals surface area contributed by atoms with Gasteiger partial charge in [0.2, 0.25) is 0 Å². The number of halogens is 2. The Labute approximate surface area is 140 Å². The van der Waals surface area contributed by atoms with Crippen molar-refractivity contribution in [3.63, 3.8) is 0 Å². The molecule has 0 spiro atoms. The topological polar surface area (TPSA) is 75.6 Å². The molecule has 1 aromatic carbocycles. The number of nitrogens with one attached hydrogen (secondary N) is 1. The summed E-state index contributed by atoms with van der Waals surface area (Å²) in [5, 5.41) is 11.8. The fraction of sp³-hybridized carbons (Fsp3) is 0.429. The number of ether oxygens (including phenoxy) is 1. The summed E-state index contributed by atoms with van der Waals surface area (Å²) in [5.41, 5.74) is -0.167. The summed E-state index contributed by atoms with van der Waals surface area (Å²) < 4.78 is 6.39. The van der Waals surface area contributed by atoms with Crippen LogP contribution in [-0.2, 0) is 4.79 Å². The van der Waals surface area contributed by atoms with Crippen molar-refractivity contribution in [2.75, 3.05) is 6.61 Å². The smallest absolute Gasteiger partial charge is 0.335 e. The van der Waals surface area contributed by atoms with E-state index in [1.807, 2.05) is 20.8 Å². The largest absolute Gasteiger partial charge is 0.481 e. The van der Waals surface area contributed by atoms with Crippen LogP contribution >= 0.6 is 31.9 Å². The van der Waals surface area contributed by atoms with Crippen LogP contribution in [0.4, 0.5) is 0 Å². The number of rotatable bonds is 6. The Bertz CT molecular complexity index is 535. The maximum atomic E-state index is 11.8. The summed E-state index contributed by atoms with van der Waals surface area (Å²) in [7, 11) is 0. The molecule has 2 N–H and O–H groups in total. The molecule has 7 heteroatoms. The van der Waals surface area contributed by atoms with E-state index in [-0.39, 0.29) is 23.6 Å². The van der Waals surface area contributed by atoms with E-state index >= 15 is 0 Å². The molecule has 0 bridgehead atoms. The van der Waals surface area contributed by atoms with Crippen LogP contribution in [0.5, 0.6) is 5.75 Å². The van der Waals surface area contributed by atoms with Gasteiger partial charge in [0, 0.05) is 5.54 Å². The van der Waals surface area contributed by atoms with E-state index in [1.165, 1.54) is 12.1 Å². The molecular formula is C14H17Br2NO4. The van der Waals surface area contributed by atoms with Crippen molar-refractivity contribution in [2.45, 2.75) is 32.7 Å². The molecule has 0 atom stereocenters. The van der Waals surface area contributed by atoms with E-state index in [0.717, 1.165) is 6.42 Å². The highest BCUT2D eigenvalue weighted by molar-refractivity contribution is 9.11. The molecule has 0 radical (unpaired) electrons. The highest BCUT2D eigenvalue weighted by atomic mass is 79.9. The van der Waals surface area contributed by atoms with Gasteiger partial charge in [-0.3, -0.25) is 4.79 Å². The lowest BCUT2D eigenvalue weighted by atomic mass is 10.0. The molecule has 0 fully saturated rings. The van der Waals surface area contributed by atoms with Gasteiger partial charge in [0.25, 0.3) is 5.91 Å². The van der Waals surface area contributed by atoms with Crippen LogP contribution in [0.15, 0.2) is 21.1 Å². The van der Waals surface area contributed by atoms with Crippen molar-refractivity contribution in [3.8, 4) is 5.75 Å². The Balaban J connectivity index is 2.76. The average Bonchev–Trinajstić information content (AvgIpc) is 2.36. The maximum Gasteiger partial charge on any atom is 0.335 e. The predicted octanol–water partition coefficient (Wildman–Crippen LogP) is 3.59. The molecule has 0 saturated heterocycles. The summed E-state index contributed by atoms with van der Waals surface area (Å²) in [5.74, 6) is -0.877. The van der Waals surface area contributed by atoms with Gasteiger partial charge >= 0.3 is 5.97 Å². The number of carbonyl (C=O) groups excluding carboxylic acids is 1. The highest BCUT2D eigenvalue weighted by Crippen LogP contribution is 2.34. The van der Waals surface area contributed by atoms with Crippen LogP contribution in [-0.4, -0.2) is 29.1 Å². The van der Waals surface area contributed by atoms with Crippen LogP contribution < -0.4 is 10.1 Å².